The average molecular weight is 807 g/mol. The van der Waals surface area contributed by atoms with Crippen molar-refractivity contribution in [2.75, 3.05) is 66.1 Å². The normalized spacial score (nSPS) is 14.7. The monoisotopic (exact) mass is 806 g/mol. The van der Waals surface area contributed by atoms with Crippen molar-refractivity contribution in [3.63, 3.8) is 0 Å². The molecule has 5 aromatic carbocycles. The van der Waals surface area contributed by atoms with Gasteiger partial charge in [-0.25, -0.2) is 0 Å². The van der Waals surface area contributed by atoms with E-state index in [1.54, 1.807) is 0 Å². The first kappa shape index (κ1) is 42.1. The number of hydrogen-bond acceptors (Lipinski definition) is 8. The molecule has 0 aromatic heterocycles. The molecule has 3 aliphatic rings. The molecular weight excluding hydrogens is 753 g/mol. The summed E-state index contributed by atoms with van der Waals surface area (Å²) in [6.07, 6.45) is 16.1. The summed E-state index contributed by atoms with van der Waals surface area (Å²) in [5, 5.41) is 0. The second-order valence-electron chi connectivity index (χ2n) is 14.8. The highest BCUT2D eigenvalue weighted by Crippen LogP contribution is 2.40. The van der Waals surface area contributed by atoms with Crippen LogP contribution in [0, 0.1) is 24.7 Å². The van der Waals surface area contributed by atoms with Crippen LogP contribution < -0.4 is 28.4 Å². The molecule has 0 amide bonds. The molecule has 0 spiro atoms. The maximum Gasteiger partial charge on any atom is 0.161 e. The second-order valence-corrected chi connectivity index (χ2v) is 14.8. The number of ether oxygens (including phenoxy) is 8. The van der Waals surface area contributed by atoms with Gasteiger partial charge in [-0.3, -0.25) is 0 Å². The Labute approximate surface area is 355 Å². The number of rotatable bonds is 6. The first-order chi connectivity index (χ1) is 29.6. The van der Waals surface area contributed by atoms with Crippen molar-refractivity contribution in [2.24, 2.45) is 0 Å². The SMILES string of the molecule is C#Cc1cc2c3c(c1)Cc1cccc(c1OCCC)Cc1cc(C#C)cc(c1OCCOCCOc1ccccc1OCCOCCO3)Cc1cccc(c1OCCC)C2. The molecule has 8 heteroatoms. The zero-order valence-electron chi connectivity index (χ0n) is 34.8. The molecule has 0 atom stereocenters. The minimum atomic E-state index is 0.322. The number of hydrogen-bond donors (Lipinski definition) is 0. The summed E-state index contributed by atoms with van der Waals surface area (Å²) in [7, 11) is 0. The highest BCUT2D eigenvalue weighted by Gasteiger charge is 2.23. The number of fused-ring (bicyclic) bond motifs is 12. The quantitative estimate of drug-likeness (QED) is 0.122. The van der Waals surface area contributed by atoms with Gasteiger partial charge in [0.1, 0.15) is 49.4 Å². The molecule has 8 rings (SSSR count). The lowest BCUT2D eigenvalue weighted by Gasteiger charge is -2.23. The Kier molecular flexibility index (Phi) is 14.9. The highest BCUT2D eigenvalue weighted by molar-refractivity contribution is 5.59. The van der Waals surface area contributed by atoms with Crippen molar-refractivity contribution >= 4 is 0 Å². The lowest BCUT2D eigenvalue weighted by atomic mass is 9.89. The van der Waals surface area contributed by atoms with Gasteiger partial charge in [0.2, 0.25) is 0 Å². The largest absolute Gasteiger partial charge is 0.493 e. The van der Waals surface area contributed by atoms with E-state index >= 15 is 0 Å². The van der Waals surface area contributed by atoms with E-state index in [1.807, 2.05) is 24.3 Å². The Balaban J connectivity index is 1.39. The Morgan fingerprint density at radius 3 is 1.13 bits per heavy atom. The predicted octanol–water partition coefficient (Wildman–Crippen LogP) is 9.17. The molecule has 0 saturated carbocycles. The van der Waals surface area contributed by atoms with Gasteiger partial charge in [-0.1, -0.05) is 74.2 Å². The van der Waals surface area contributed by atoms with Gasteiger partial charge in [-0.15, -0.1) is 12.8 Å². The predicted molar refractivity (Wildman–Crippen MR) is 234 cm³/mol. The van der Waals surface area contributed by atoms with E-state index in [0.717, 1.165) is 91.5 Å². The van der Waals surface area contributed by atoms with Crippen LogP contribution >= 0.6 is 0 Å². The third kappa shape index (κ3) is 10.6. The fourth-order valence-electron chi connectivity index (χ4n) is 7.72. The van der Waals surface area contributed by atoms with Crippen LogP contribution in [0.1, 0.15) is 82.3 Å². The third-order valence-corrected chi connectivity index (χ3v) is 10.4. The van der Waals surface area contributed by atoms with Crippen molar-refractivity contribution in [1.29, 1.82) is 0 Å². The van der Waals surface area contributed by atoms with Crippen molar-refractivity contribution < 1.29 is 37.9 Å². The van der Waals surface area contributed by atoms with E-state index in [2.05, 4.69) is 86.4 Å². The van der Waals surface area contributed by atoms with Crippen LogP contribution in [-0.2, 0) is 35.2 Å². The summed E-state index contributed by atoms with van der Waals surface area (Å²) in [6.45, 7) is 8.15. The molecular formula is C52H54O8. The molecule has 0 saturated heterocycles. The number of para-hydroxylation sites is 4. The highest BCUT2D eigenvalue weighted by atomic mass is 16.6. The van der Waals surface area contributed by atoms with Gasteiger partial charge in [0, 0.05) is 59.1 Å². The summed E-state index contributed by atoms with van der Waals surface area (Å²) < 4.78 is 51.0. The molecule has 10 bridgehead atoms. The average Bonchev–Trinajstić information content (AvgIpc) is 3.26. The van der Waals surface area contributed by atoms with Gasteiger partial charge in [-0.2, -0.15) is 0 Å². The van der Waals surface area contributed by atoms with Crippen molar-refractivity contribution in [1.82, 2.24) is 0 Å². The molecule has 8 nitrogen and oxygen atoms in total. The summed E-state index contributed by atoms with van der Waals surface area (Å²) in [6, 6.07) is 28.5. The van der Waals surface area contributed by atoms with Crippen molar-refractivity contribution in [2.45, 2.75) is 52.4 Å². The molecule has 2 aliphatic heterocycles. The number of terminal acetylenes is 2. The van der Waals surface area contributed by atoms with E-state index < -0.39 is 0 Å². The summed E-state index contributed by atoms with van der Waals surface area (Å²) in [5.74, 6) is 10.4. The Hall–Kier alpha value is -6.06. The van der Waals surface area contributed by atoms with Crippen LogP contribution in [0.2, 0.25) is 0 Å². The molecule has 1 aliphatic carbocycles. The maximum atomic E-state index is 6.75. The fourth-order valence-corrected chi connectivity index (χ4v) is 7.72. The first-order valence-corrected chi connectivity index (χ1v) is 21.1. The van der Waals surface area contributed by atoms with Gasteiger partial charge in [0.05, 0.1) is 39.6 Å². The van der Waals surface area contributed by atoms with Crippen LogP contribution in [0.25, 0.3) is 0 Å². The molecule has 60 heavy (non-hydrogen) atoms. The van der Waals surface area contributed by atoms with Crippen LogP contribution in [0.4, 0.5) is 0 Å². The van der Waals surface area contributed by atoms with E-state index in [0.29, 0.717) is 103 Å². The summed E-state index contributed by atoms with van der Waals surface area (Å²) in [5.41, 5.74) is 9.50. The van der Waals surface area contributed by atoms with E-state index in [-0.39, 0.29) is 0 Å². The minimum absolute atomic E-state index is 0.322. The Morgan fingerprint density at radius 2 is 0.800 bits per heavy atom. The van der Waals surface area contributed by atoms with E-state index in [1.165, 1.54) is 0 Å². The topological polar surface area (TPSA) is 73.8 Å². The Bertz CT molecular complexity index is 2060. The smallest absolute Gasteiger partial charge is 0.161 e. The van der Waals surface area contributed by atoms with Gasteiger partial charge in [0.15, 0.2) is 11.5 Å². The van der Waals surface area contributed by atoms with Gasteiger partial charge in [0.25, 0.3) is 0 Å². The second kappa shape index (κ2) is 21.3. The van der Waals surface area contributed by atoms with Crippen molar-refractivity contribution in [3.05, 3.63) is 141 Å². The third-order valence-electron chi connectivity index (χ3n) is 10.4. The van der Waals surface area contributed by atoms with Crippen molar-refractivity contribution in [3.8, 4) is 59.2 Å². The fraction of sp³-hybridized carbons (Fsp3) is 0.346. The van der Waals surface area contributed by atoms with Gasteiger partial charge in [-0.05, 0) is 71.5 Å². The zero-order chi connectivity index (χ0) is 41.5. The first-order valence-electron chi connectivity index (χ1n) is 21.1. The molecule has 0 N–H and O–H groups in total. The molecule has 310 valence electrons. The lowest BCUT2D eigenvalue weighted by molar-refractivity contribution is 0.0695. The van der Waals surface area contributed by atoms with Crippen LogP contribution in [0.5, 0.6) is 34.5 Å². The summed E-state index contributed by atoms with van der Waals surface area (Å²) in [4.78, 5) is 0. The molecule has 0 fully saturated rings. The molecule has 0 radical (unpaired) electrons. The van der Waals surface area contributed by atoms with E-state index in [4.69, 9.17) is 50.7 Å². The van der Waals surface area contributed by atoms with E-state index in [9.17, 15) is 0 Å². The molecule has 2 heterocycles. The van der Waals surface area contributed by atoms with Crippen LogP contribution in [-0.4, -0.2) is 66.1 Å². The number of benzene rings is 5. The Morgan fingerprint density at radius 1 is 0.450 bits per heavy atom. The zero-order valence-corrected chi connectivity index (χ0v) is 34.8. The lowest BCUT2D eigenvalue weighted by Crippen LogP contribution is -2.15. The summed E-state index contributed by atoms with van der Waals surface area (Å²) >= 11 is 0. The van der Waals surface area contributed by atoms with Crippen LogP contribution in [0.3, 0.4) is 0 Å². The van der Waals surface area contributed by atoms with Gasteiger partial charge >= 0.3 is 0 Å². The van der Waals surface area contributed by atoms with Gasteiger partial charge < -0.3 is 37.9 Å². The van der Waals surface area contributed by atoms with Crippen LogP contribution in [0.15, 0.2) is 84.9 Å². The molecule has 5 aromatic rings. The minimum Gasteiger partial charge on any atom is -0.493 e. The maximum absolute atomic E-state index is 6.75. The molecule has 0 unspecified atom stereocenters. The standard InChI is InChI=1S/C52H54O8/c1-5-19-57-49-39-13-11-14-40(49)34-44-30-38(8-4)32-46-36-42-16-12-15-41(50(42)58-20-6-2)35-45-31-37(7-3)29-43(33-39)51(45)59-27-23-53-21-25-55-47-17-9-10-18-48(47)56-26-22-54-24-28-60-52(44)46/h3-4,9-18,29-32H,5-6,19-28,33-36H2,1-2H3.